The maximum absolute atomic E-state index is 14.2. The van der Waals surface area contributed by atoms with Gasteiger partial charge in [0.1, 0.15) is 23.3 Å². The van der Waals surface area contributed by atoms with Crippen molar-refractivity contribution in [1.82, 2.24) is 4.57 Å². The smallest absolute Gasteiger partial charge is 0.338 e. The topological polar surface area (TPSA) is 120 Å². The van der Waals surface area contributed by atoms with Gasteiger partial charge >= 0.3 is 11.9 Å². The Morgan fingerprint density at radius 3 is 2.61 bits per heavy atom. The number of hydrogen-bond acceptors (Lipinski definition) is 8. The number of carbonyl (C=O) groups is 2. The van der Waals surface area contributed by atoms with E-state index in [-0.39, 0.29) is 23.3 Å². The number of nitrogens with zero attached hydrogens (tertiary/aromatic N) is 2. The molecule has 3 heterocycles. The van der Waals surface area contributed by atoms with Crippen LogP contribution in [0.2, 0.25) is 0 Å². The Labute approximate surface area is 255 Å². The number of carboxylic acids is 1. The number of furan rings is 1. The van der Waals surface area contributed by atoms with Crippen molar-refractivity contribution in [3.63, 3.8) is 0 Å². The molecule has 0 aliphatic carbocycles. The molecule has 0 spiro atoms. The molecule has 0 amide bonds. The van der Waals surface area contributed by atoms with Crippen molar-refractivity contribution in [3.05, 3.63) is 120 Å². The minimum atomic E-state index is -1.02. The van der Waals surface area contributed by atoms with Gasteiger partial charge in [-0.3, -0.25) is 9.36 Å². The lowest BCUT2D eigenvalue weighted by Gasteiger charge is -2.27. The Balaban J connectivity index is 1.55. The summed E-state index contributed by atoms with van der Waals surface area (Å²) in [6.45, 7) is 5.35. The number of benzene rings is 3. The Morgan fingerprint density at radius 1 is 1.07 bits per heavy atom. The molecule has 44 heavy (non-hydrogen) atoms. The lowest BCUT2D eigenvalue weighted by Crippen LogP contribution is -2.40. The number of carboxylic acid groups (broad SMARTS) is 1. The van der Waals surface area contributed by atoms with Crippen LogP contribution in [0.3, 0.4) is 0 Å². The number of methoxy groups -OCH3 is 1. The van der Waals surface area contributed by atoms with Crippen molar-refractivity contribution in [2.24, 2.45) is 4.99 Å². The van der Waals surface area contributed by atoms with Crippen LogP contribution < -0.4 is 19.6 Å². The van der Waals surface area contributed by atoms with Gasteiger partial charge in [-0.1, -0.05) is 53.8 Å². The summed E-state index contributed by atoms with van der Waals surface area (Å²) in [6.07, 6.45) is 1.63. The summed E-state index contributed by atoms with van der Waals surface area (Å²) in [7, 11) is 1.56. The zero-order chi connectivity index (χ0) is 31.1. The maximum Gasteiger partial charge on any atom is 0.338 e. The number of aromatic nitrogens is 1. The molecule has 0 unspecified atom stereocenters. The number of fused-ring (bicyclic) bond motifs is 2. The highest BCUT2D eigenvalue weighted by Crippen LogP contribution is 2.40. The monoisotopic (exact) mass is 608 g/mol. The number of thiazole rings is 1. The summed E-state index contributed by atoms with van der Waals surface area (Å²) in [5, 5.41) is 11.3. The number of esters is 1. The van der Waals surface area contributed by atoms with Crippen LogP contribution in [0.1, 0.15) is 47.1 Å². The van der Waals surface area contributed by atoms with Gasteiger partial charge < -0.3 is 19.0 Å². The van der Waals surface area contributed by atoms with Crippen LogP contribution in [-0.2, 0) is 9.53 Å². The van der Waals surface area contributed by atoms with E-state index >= 15 is 0 Å². The molecule has 0 bridgehead atoms. The first-order valence-electron chi connectivity index (χ1n) is 13.9. The fraction of sp³-hybridized carbons (Fsp3) is 0.176. The van der Waals surface area contributed by atoms with Gasteiger partial charge in [0, 0.05) is 17.2 Å². The zero-order valence-electron chi connectivity index (χ0n) is 24.4. The summed E-state index contributed by atoms with van der Waals surface area (Å²) in [5.74, 6) is -0.173. The Kier molecular flexibility index (Phi) is 7.52. The van der Waals surface area contributed by atoms with Crippen molar-refractivity contribution in [1.29, 1.82) is 0 Å². The normalized spacial score (nSPS) is 14.8. The van der Waals surface area contributed by atoms with Crippen molar-refractivity contribution in [2.75, 3.05) is 13.7 Å². The predicted octanol–water partition coefficient (Wildman–Crippen LogP) is 5.23. The Morgan fingerprint density at radius 2 is 1.86 bits per heavy atom. The Hall–Kier alpha value is -5.22. The first-order chi connectivity index (χ1) is 21.2. The second-order valence-corrected chi connectivity index (χ2v) is 11.2. The summed E-state index contributed by atoms with van der Waals surface area (Å²) in [4.78, 5) is 44.3. The molecule has 2 aromatic heterocycles. The molecule has 1 aliphatic heterocycles. The van der Waals surface area contributed by atoms with Gasteiger partial charge in [0.15, 0.2) is 4.80 Å². The number of allylic oxidation sites excluding steroid dienone is 1. The maximum atomic E-state index is 14.2. The molecule has 0 fully saturated rings. The number of hydrogen-bond donors (Lipinski definition) is 1. The van der Waals surface area contributed by atoms with Crippen LogP contribution >= 0.6 is 11.3 Å². The third kappa shape index (κ3) is 4.83. The zero-order valence-corrected chi connectivity index (χ0v) is 25.2. The molecule has 6 rings (SSSR count). The Bertz CT molecular complexity index is 2180. The lowest BCUT2D eigenvalue weighted by atomic mass is 9.90. The largest absolute Gasteiger partial charge is 0.496 e. The van der Waals surface area contributed by atoms with E-state index in [0.29, 0.717) is 49.0 Å². The van der Waals surface area contributed by atoms with Gasteiger partial charge in [-0.15, -0.1) is 0 Å². The van der Waals surface area contributed by atoms with Crippen molar-refractivity contribution in [2.45, 2.75) is 26.8 Å². The SMILES string of the molecule is CCOC(=O)C1=C(C)N=c2s/c(=C\c3ccc(-c4cccc(C(=O)O)c4C)o3)c(=O)n2[C@H]1c1c(OC)ccc2ccccc12. The molecular formula is C34H28N2O7S. The molecule has 1 N–H and O–H groups in total. The number of ether oxygens (including phenoxy) is 2. The second kappa shape index (κ2) is 11.5. The molecule has 0 saturated carbocycles. The van der Waals surface area contributed by atoms with Gasteiger partial charge in [0.25, 0.3) is 5.56 Å². The van der Waals surface area contributed by atoms with Gasteiger partial charge in [0.2, 0.25) is 0 Å². The van der Waals surface area contributed by atoms with E-state index in [9.17, 15) is 19.5 Å². The average Bonchev–Trinajstić information content (AvgIpc) is 3.59. The van der Waals surface area contributed by atoms with Crippen LogP contribution in [0.5, 0.6) is 5.75 Å². The number of carbonyl (C=O) groups excluding carboxylic acids is 1. The van der Waals surface area contributed by atoms with E-state index in [1.165, 1.54) is 15.9 Å². The van der Waals surface area contributed by atoms with Gasteiger partial charge in [-0.25, -0.2) is 14.6 Å². The van der Waals surface area contributed by atoms with E-state index in [1.54, 1.807) is 64.3 Å². The quantitative estimate of drug-likeness (QED) is 0.251. The summed E-state index contributed by atoms with van der Waals surface area (Å²) in [6, 6.07) is 19.1. The van der Waals surface area contributed by atoms with Crippen LogP contribution in [0.4, 0.5) is 0 Å². The molecular weight excluding hydrogens is 580 g/mol. The summed E-state index contributed by atoms with van der Waals surface area (Å²) < 4.78 is 19.2. The molecule has 5 aromatic rings. The first-order valence-corrected chi connectivity index (χ1v) is 14.7. The molecule has 0 saturated heterocycles. The van der Waals surface area contributed by atoms with Gasteiger partial charge in [0.05, 0.1) is 35.1 Å². The van der Waals surface area contributed by atoms with Crippen molar-refractivity contribution >= 4 is 40.1 Å². The van der Waals surface area contributed by atoms with Gasteiger partial charge in [-0.05, 0) is 61.4 Å². The van der Waals surface area contributed by atoms with Gasteiger partial charge in [-0.2, -0.15) is 0 Å². The van der Waals surface area contributed by atoms with Crippen LogP contribution in [0.25, 0.3) is 28.2 Å². The van der Waals surface area contributed by atoms with Crippen molar-refractivity contribution in [3.8, 4) is 17.1 Å². The molecule has 1 aliphatic rings. The van der Waals surface area contributed by atoms with Crippen LogP contribution in [0.15, 0.2) is 92.2 Å². The number of rotatable bonds is 7. The standard InChI is InChI=1S/C34H28N2O7S/c1-5-42-33(40)28-19(3)35-34-36(30(28)29-24-10-7-6-9-20(24)13-15-26(29)41-4)31(37)27(44-34)17-21-14-16-25(43-21)22-11-8-12-23(18(22)2)32(38)39/h6-17,30H,5H2,1-4H3,(H,38,39)/b27-17-/t30-/m1/s1. The molecule has 0 radical (unpaired) electrons. The number of aromatic carboxylic acids is 1. The molecule has 1 atom stereocenters. The predicted molar refractivity (Wildman–Crippen MR) is 167 cm³/mol. The molecule has 222 valence electrons. The fourth-order valence-electron chi connectivity index (χ4n) is 5.64. The first kappa shape index (κ1) is 28.9. The van der Waals surface area contributed by atoms with E-state index in [1.807, 2.05) is 36.4 Å². The molecule has 3 aromatic carbocycles. The minimum absolute atomic E-state index is 0.162. The third-order valence-electron chi connectivity index (χ3n) is 7.67. The van der Waals surface area contributed by atoms with Crippen molar-refractivity contribution < 1.29 is 28.6 Å². The van der Waals surface area contributed by atoms with Crippen LogP contribution in [-0.4, -0.2) is 35.3 Å². The summed E-state index contributed by atoms with van der Waals surface area (Å²) in [5.41, 5.74) is 2.41. The molecule has 9 nitrogen and oxygen atoms in total. The van der Waals surface area contributed by atoms with E-state index in [2.05, 4.69) is 4.99 Å². The third-order valence-corrected chi connectivity index (χ3v) is 8.65. The van der Waals surface area contributed by atoms with E-state index in [4.69, 9.17) is 13.9 Å². The van der Waals surface area contributed by atoms with Crippen LogP contribution in [0, 0.1) is 6.92 Å². The highest BCUT2D eigenvalue weighted by atomic mass is 32.1. The van der Waals surface area contributed by atoms with E-state index < -0.39 is 18.0 Å². The highest BCUT2D eigenvalue weighted by molar-refractivity contribution is 7.07. The second-order valence-electron chi connectivity index (χ2n) is 10.2. The molecule has 10 heteroatoms. The van der Waals surface area contributed by atoms with E-state index in [0.717, 1.165) is 10.8 Å². The lowest BCUT2D eigenvalue weighted by molar-refractivity contribution is -0.139. The highest BCUT2D eigenvalue weighted by Gasteiger charge is 2.36. The average molecular weight is 609 g/mol. The fourth-order valence-corrected chi connectivity index (χ4v) is 6.67. The minimum Gasteiger partial charge on any atom is -0.496 e. The summed E-state index contributed by atoms with van der Waals surface area (Å²) >= 11 is 1.18.